The van der Waals surface area contributed by atoms with Gasteiger partial charge in [-0.3, -0.25) is 19.2 Å². The average Bonchev–Trinajstić information content (AvgIpc) is 2.38. The number of carboxylic acids is 1. The van der Waals surface area contributed by atoms with Gasteiger partial charge in [0.15, 0.2) is 0 Å². The topological polar surface area (TPSA) is 139 Å². The van der Waals surface area contributed by atoms with E-state index in [4.69, 9.17) is 10.8 Å². The highest BCUT2D eigenvalue weighted by Gasteiger charge is 2.20. The summed E-state index contributed by atoms with van der Waals surface area (Å²) in [6.45, 7) is -0.544. The summed E-state index contributed by atoms with van der Waals surface area (Å²) in [5, 5.41) is 12.4. The van der Waals surface area contributed by atoms with Gasteiger partial charge in [0.2, 0.25) is 16.9 Å². The lowest BCUT2D eigenvalue weighted by Crippen LogP contribution is -2.49. The number of hydrogen-bond donors (Lipinski definition) is 6. The maximum atomic E-state index is 11.5. The molecule has 0 radical (unpaired) electrons. The minimum Gasteiger partial charge on any atom is -0.480 e. The van der Waals surface area contributed by atoms with Gasteiger partial charge >= 0.3 is 5.97 Å². The molecule has 0 saturated carbocycles. The molecule has 0 aliphatic heterocycles. The molecule has 0 aromatic carbocycles. The van der Waals surface area contributed by atoms with Crippen molar-refractivity contribution in [2.45, 2.75) is 24.9 Å². The van der Waals surface area contributed by atoms with Gasteiger partial charge < -0.3 is 21.5 Å². The van der Waals surface area contributed by atoms with Crippen molar-refractivity contribution in [3.05, 3.63) is 0 Å². The van der Waals surface area contributed by atoms with Crippen molar-refractivity contribution in [2.24, 2.45) is 5.73 Å². The van der Waals surface area contributed by atoms with Gasteiger partial charge in [-0.05, 0) is 6.42 Å². The van der Waals surface area contributed by atoms with Crippen molar-refractivity contribution in [2.75, 3.05) is 12.3 Å². The molecule has 0 bridgehead atoms. The minimum atomic E-state index is -1.19. The van der Waals surface area contributed by atoms with Crippen LogP contribution < -0.4 is 16.4 Å². The number of hydrogen-bond acceptors (Lipinski definition) is 6. The summed E-state index contributed by atoms with van der Waals surface area (Å²) < 4.78 is 0. The summed E-state index contributed by atoms with van der Waals surface area (Å²) in [7, 11) is 0. The first-order chi connectivity index (χ1) is 9.27. The fourth-order valence-electron chi connectivity index (χ4n) is 1.16. The zero-order valence-corrected chi connectivity index (χ0v) is 12.3. The Kier molecular flexibility index (Phi) is 9.01. The number of thiol groups is 2. The van der Waals surface area contributed by atoms with E-state index in [0.717, 1.165) is 0 Å². The maximum Gasteiger partial charge on any atom is 0.322 e. The summed E-state index contributed by atoms with van der Waals surface area (Å²) in [5.41, 5.74) is 5.40. The molecule has 0 aromatic heterocycles. The number of aliphatic carboxylic acids is 1. The van der Waals surface area contributed by atoms with Crippen LogP contribution >= 0.6 is 25.3 Å². The Morgan fingerprint density at radius 1 is 1.25 bits per heavy atom. The van der Waals surface area contributed by atoms with Crippen molar-refractivity contribution in [1.82, 2.24) is 10.6 Å². The number of amides is 2. The number of nitrogens with two attached hydrogens (primary N) is 1. The average molecular weight is 323 g/mol. The SMILES string of the molecule is N[C@@H](CCC(=O)N[C@@H](CS)C(=O)NCC(=O)O)C(=O)S. The second kappa shape index (κ2) is 9.61. The first-order valence-electron chi connectivity index (χ1n) is 5.66. The van der Waals surface area contributed by atoms with E-state index in [1.165, 1.54) is 0 Å². The van der Waals surface area contributed by atoms with Crippen LogP contribution in [0, 0.1) is 0 Å². The van der Waals surface area contributed by atoms with Crippen LogP contribution in [-0.2, 0) is 19.2 Å². The molecular formula is C10H17N3O5S2. The summed E-state index contributed by atoms with van der Waals surface area (Å²) in [4.78, 5) is 44.2. The quantitative estimate of drug-likeness (QED) is 0.276. The monoisotopic (exact) mass is 323 g/mol. The van der Waals surface area contributed by atoms with E-state index in [-0.39, 0.29) is 18.6 Å². The molecule has 20 heavy (non-hydrogen) atoms. The third kappa shape index (κ3) is 8.02. The van der Waals surface area contributed by atoms with Crippen molar-refractivity contribution in [3.8, 4) is 0 Å². The predicted molar refractivity (Wildman–Crippen MR) is 77.6 cm³/mol. The number of carbonyl (C=O) groups is 4. The predicted octanol–water partition coefficient (Wildman–Crippen LogP) is -1.83. The highest BCUT2D eigenvalue weighted by molar-refractivity contribution is 7.96. The van der Waals surface area contributed by atoms with E-state index < -0.39 is 41.5 Å². The van der Waals surface area contributed by atoms with Crippen molar-refractivity contribution in [1.29, 1.82) is 0 Å². The Morgan fingerprint density at radius 2 is 1.85 bits per heavy atom. The molecule has 114 valence electrons. The van der Waals surface area contributed by atoms with Crippen LogP contribution in [0.2, 0.25) is 0 Å². The lowest BCUT2D eigenvalue weighted by atomic mass is 10.1. The van der Waals surface area contributed by atoms with E-state index in [0.29, 0.717) is 0 Å². The number of carbonyl (C=O) groups excluding carboxylic acids is 3. The van der Waals surface area contributed by atoms with E-state index in [1.54, 1.807) is 0 Å². The van der Waals surface area contributed by atoms with Crippen LogP contribution in [0.1, 0.15) is 12.8 Å². The Hall–Kier alpha value is -1.26. The van der Waals surface area contributed by atoms with Crippen LogP contribution in [0.3, 0.4) is 0 Å². The number of carboxylic acid groups (broad SMARTS) is 1. The van der Waals surface area contributed by atoms with Gasteiger partial charge in [-0.25, -0.2) is 0 Å². The minimum absolute atomic E-state index is 0.00868. The fraction of sp³-hybridized carbons (Fsp3) is 0.600. The molecule has 5 N–H and O–H groups in total. The van der Waals surface area contributed by atoms with Crippen LogP contribution in [0.4, 0.5) is 0 Å². The van der Waals surface area contributed by atoms with Gasteiger partial charge in [0.25, 0.3) is 0 Å². The second-order valence-electron chi connectivity index (χ2n) is 3.90. The summed E-state index contributed by atoms with van der Waals surface area (Å²) in [5.74, 6) is -2.32. The van der Waals surface area contributed by atoms with Crippen molar-refractivity contribution in [3.63, 3.8) is 0 Å². The lowest BCUT2D eigenvalue weighted by Gasteiger charge is -2.16. The molecule has 0 aliphatic carbocycles. The summed E-state index contributed by atoms with van der Waals surface area (Å²) in [6, 6.07) is -1.80. The van der Waals surface area contributed by atoms with E-state index in [1.807, 2.05) is 0 Å². The van der Waals surface area contributed by atoms with Crippen LogP contribution in [-0.4, -0.2) is 52.4 Å². The van der Waals surface area contributed by atoms with Gasteiger partial charge in [-0.1, -0.05) is 0 Å². The lowest BCUT2D eigenvalue weighted by molar-refractivity contribution is -0.138. The largest absolute Gasteiger partial charge is 0.480 e. The van der Waals surface area contributed by atoms with Crippen LogP contribution in [0.15, 0.2) is 0 Å². The molecule has 0 saturated heterocycles. The third-order valence-electron chi connectivity index (χ3n) is 2.25. The third-order valence-corrected chi connectivity index (χ3v) is 2.94. The smallest absolute Gasteiger partial charge is 0.322 e. The molecule has 0 spiro atoms. The van der Waals surface area contributed by atoms with Gasteiger partial charge in [0, 0.05) is 12.2 Å². The van der Waals surface area contributed by atoms with E-state index >= 15 is 0 Å². The van der Waals surface area contributed by atoms with Gasteiger partial charge in [-0.15, -0.1) is 12.6 Å². The summed E-state index contributed by atoms with van der Waals surface area (Å²) in [6.07, 6.45) is 0.0498. The highest BCUT2D eigenvalue weighted by atomic mass is 32.1. The molecule has 2 amide bonds. The molecule has 0 fully saturated rings. The zero-order chi connectivity index (χ0) is 15.7. The molecule has 2 atom stereocenters. The number of rotatable bonds is 9. The van der Waals surface area contributed by atoms with Crippen LogP contribution in [0.25, 0.3) is 0 Å². The van der Waals surface area contributed by atoms with E-state index in [9.17, 15) is 19.2 Å². The van der Waals surface area contributed by atoms with Crippen molar-refractivity contribution < 1.29 is 24.3 Å². The molecule has 10 heteroatoms. The zero-order valence-electron chi connectivity index (χ0n) is 10.5. The fourth-order valence-corrected chi connectivity index (χ4v) is 1.54. The van der Waals surface area contributed by atoms with Gasteiger partial charge in [0.05, 0.1) is 6.04 Å². The summed E-state index contributed by atoms with van der Waals surface area (Å²) >= 11 is 7.44. The number of nitrogens with one attached hydrogen (secondary N) is 2. The highest BCUT2D eigenvalue weighted by Crippen LogP contribution is 1.99. The first-order valence-corrected chi connectivity index (χ1v) is 6.74. The normalized spacial score (nSPS) is 13.2. The first kappa shape index (κ1) is 18.7. The Balaban J connectivity index is 4.21. The molecule has 8 nitrogen and oxygen atoms in total. The Labute approximate surface area is 126 Å². The Bertz CT molecular complexity index is 391. The molecule has 0 aliphatic rings. The molecule has 0 rings (SSSR count). The van der Waals surface area contributed by atoms with Gasteiger partial charge in [-0.2, -0.15) is 12.6 Å². The molecular weight excluding hydrogens is 306 g/mol. The van der Waals surface area contributed by atoms with Crippen LogP contribution in [0.5, 0.6) is 0 Å². The van der Waals surface area contributed by atoms with Gasteiger partial charge in [0.1, 0.15) is 12.6 Å². The maximum absolute atomic E-state index is 11.5. The molecule has 0 heterocycles. The standard InChI is InChI=1S/C10H17N3O5S2/c11-5(10(18)20)1-2-7(14)13-6(4-19)9(17)12-3-8(15)16/h5-6,19H,1-4,11H2,(H,12,17)(H,13,14)(H,15,16)(H,18,20)/t5-,6-/m0/s1. The Morgan fingerprint density at radius 3 is 2.30 bits per heavy atom. The van der Waals surface area contributed by atoms with E-state index in [2.05, 4.69) is 35.9 Å². The van der Waals surface area contributed by atoms with Crippen molar-refractivity contribution >= 4 is 48.2 Å². The molecule has 0 aromatic rings. The second-order valence-corrected chi connectivity index (χ2v) is 4.70. The molecule has 0 unspecified atom stereocenters.